The van der Waals surface area contributed by atoms with Crippen molar-refractivity contribution < 1.29 is 18.1 Å². The molecule has 1 aliphatic rings. The van der Waals surface area contributed by atoms with Gasteiger partial charge in [0.05, 0.1) is 4.92 Å². The fourth-order valence-corrected chi connectivity index (χ4v) is 2.78. The van der Waals surface area contributed by atoms with Gasteiger partial charge in [0.25, 0.3) is 0 Å². The molecule has 0 spiro atoms. The second-order valence-electron chi connectivity index (χ2n) is 4.17. The van der Waals surface area contributed by atoms with Crippen molar-refractivity contribution in [2.75, 3.05) is 11.4 Å². The zero-order valence-corrected chi connectivity index (χ0v) is 11.5. The summed E-state index contributed by atoms with van der Waals surface area (Å²) in [5.41, 5.74) is -0.524. The number of halogens is 1. The van der Waals surface area contributed by atoms with E-state index in [1.165, 1.54) is 0 Å². The van der Waals surface area contributed by atoms with Crippen LogP contribution in [0.4, 0.5) is 11.4 Å². The third-order valence-corrected chi connectivity index (χ3v) is 4.32. The Bertz CT molecular complexity index is 692. The molecule has 0 aliphatic carbocycles. The highest BCUT2D eigenvalue weighted by Crippen LogP contribution is 2.33. The zero-order valence-electron chi connectivity index (χ0n) is 9.89. The van der Waals surface area contributed by atoms with E-state index in [0.717, 1.165) is 17.2 Å². The van der Waals surface area contributed by atoms with Crippen molar-refractivity contribution in [1.29, 1.82) is 0 Å². The number of nitrogens with zero attached hydrogens (tertiary/aromatic N) is 3. The van der Waals surface area contributed by atoms with Gasteiger partial charge in [0.1, 0.15) is 22.3 Å². The standard InChI is InChI=1S/C9H9ClN4O5S/c10-8-2-6(7(3-12-8)14(16)17)13-4-5(1-9(13)15)20(11,18)19/h2-3,5H,1,4H2,(H2,11,18,19). The predicted octanol–water partition coefficient (Wildman–Crippen LogP) is 0.0370. The van der Waals surface area contributed by atoms with Crippen LogP contribution in [0, 0.1) is 10.1 Å². The number of carbonyl (C=O) groups excluding carboxylic acids is 1. The highest BCUT2D eigenvalue weighted by Gasteiger charge is 2.39. The summed E-state index contributed by atoms with van der Waals surface area (Å²) in [5, 5.41) is 14.8. The van der Waals surface area contributed by atoms with E-state index in [2.05, 4.69) is 4.98 Å². The number of pyridine rings is 1. The van der Waals surface area contributed by atoms with E-state index < -0.39 is 31.8 Å². The number of hydrogen-bond acceptors (Lipinski definition) is 6. The second-order valence-corrected chi connectivity index (χ2v) is 6.40. The molecule has 20 heavy (non-hydrogen) atoms. The van der Waals surface area contributed by atoms with Gasteiger partial charge in [0.2, 0.25) is 15.9 Å². The van der Waals surface area contributed by atoms with E-state index in [0.29, 0.717) is 0 Å². The number of rotatable bonds is 3. The fourth-order valence-electron chi connectivity index (χ4n) is 1.90. The van der Waals surface area contributed by atoms with Gasteiger partial charge < -0.3 is 4.90 Å². The minimum Gasteiger partial charge on any atom is -0.305 e. The number of anilines is 1. The van der Waals surface area contributed by atoms with Gasteiger partial charge in [-0.15, -0.1) is 0 Å². The Morgan fingerprint density at radius 1 is 1.55 bits per heavy atom. The number of amides is 1. The normalized spacial score (nSPS) is 19.4. The maximum atomic E-state index is 11.8. The third-order valence-electron chi connectivity index (χ3n) is 2.87. The molecule has 1 fully saturated rings. The Kier molecular flexibility index (Phi) is 3.63. The van der Waals surface area contributed by atoms with Crippen molar-refractivity contribution in [3.8, 4) is 0 Å². The molecule has 1 saturated heterocycles. The molecule has 1 aliphatic heterocycles. The summed E-state index contributed by atoms with van der Waals surface area (Å²) in [5.74, 6) is -0.575. The first-order chi connectivity index (χ1) is 9.20. The van der Waals surface area contributed by atoms with Gasteiger partial charge in [-0.1, -0.05) is 11.6 Å². The lowest BCUT2D eigenvalue weighted by molar-refractivity contribution is -0.384. The van der Waals surface area contributed by atoms with Crippen LogP contribution in [0.3, 0.4) is 0 Å². The summed E-state index contributed by atoms with van der Waals surface area (Å²) in [6.45, 7) is -0.251. The predicted molar refractivity (Wildman–Crippen MR) is 69.8 cm³/mol. The summed E-state index contributed by atoms with van der Waals surface area (Å²) in [7, 11) is -3.90. The zero-order chi connectivity index (χ0) is 15.1. The molecule has 2 heterocycles. The number of hydrogen-bond donors (Lipinski definition) is 1. The number of aromatic nitrogens is 1. The Balaban J connectivity index is 2.45. The molecule has 1 aromatic heterocycles. The summed E-state index contributed by atoms with van der Waals surface area (Å²) < 4.78 is 22.5. The van der Waals surface area contributed by atoms with Crippen molar-refractivity contribution >= 4 is 38.9 Å². The summed E-state index contributed by atoms with van der Waals surface area (Å²) in [4.78, 5) is 26.6. The van der Waals surface area contributed by atoms with Crippen molar-refractivity contribution in [1.82, 2.24) is 4.98 Å². The number of primary sulfonamides is 1. The van der Waals surface area contributed by atoms with Gasteiger partial charge in [-0.2, -0.15) is 0 Å². The first-order valence-corrected chi connectivity index (χ1v) is 7.31. The highest BCUT2D eigenvalue weighted by molar-refractivity contribution is 7.89. The van der Waals surface area contributed by atoms with Gasteiger partial charge in [-0.05, 0) is 0 Å². The Morgan fingerprint density at radius 2 is 2.20 bits per heavy atom. The minimum absolute atomic E-state index is 0.0440. The first kappa shape index (κ1) is 14.6. The molecule has 1 amide bonds. The van der Waals surface area contributed by atoms with Gasteiger partial charge >= 0.3 is 5.69 Å². The topological polar surface area (TPSA) is 136 Å². The quantitative estimate of drug-likeness (QED) is 0.474. The van der Waals surface area contributed by atoms with Crippen molar-refractivity contribution in [2.24, 2.45) is 5.14 Å². The van der Waals surface area contributed by atoms with E-state index >= 15 is 0 Å². The average molecular weight is 321 g/mol. The van der Waals surface area contributed by atoms with E-state index in [1.807, 2.05) is 0 Å². The molecule has 0 bridgehead atoms. The lowest BCUT2D eigenvalue weighted by Gasteiger charge is -2.16. The number of nitro groups is 1. The van der Waals surface area contributed by atoms with Crippen LogP contribution < -0.4 is 10.0 Å². The van der Waals surface area contributed by atoms with Crippen LogP contribution in [0.2, 0.25) is 5.15 Å². The molecule has 1 atom stereocenters. The van der Waals surface area contributed by atoms with Gasteiger partial charge in [-0.25, -0.2) is 18.5 Å². The number of carbonyl (C=O) groups is 1. The Morgan fingerprint density at radius 3 is 2.70 bits per heavy atom. The SMILES string of the molecule is NS(=O)(=O)C1CC(=O)N(c2cc(Cl)ncc2[N+](=O)[O-])C1. The summed E-state index contributed by atoms with van der Waals surface area (Å²) in [6.07, 6.45) is 0.588. The average Bonchev–Trinajstić information content (AvgIpc) is 2.70. The van der Waals surface area contributed by atoms with Crippen LogP contribution in [0.5, 0.6) is 0 Å². The molecule has 0 radical (unpaired) electrons. The molecule has 2 rings (SSSR count). The van der Waals surface area contributed by atoms with Crippen LogP contribution in [0.15, 0.2) is 12.3 Å². The van der Waals surface area contributed by atoms with Crippen LogP contribution >= 0.6 is 11.6 Å². The first-order valence-electron chi connectivity index (χ1n) is 5.32. The highest BCUT2D eigenvalue weighted by atomic mass is 35.5. The second kappa shape index (κ2) is 4.96. The van der Waals surface area contributed by atoms with Crippen LogP contribution in [0.25, 0.3) is 0 Å². The van der Waals surface area contributed by atoms with E-state index in [1.54, 1.807) is 0 Å². The lowest BCUT2D eigenvalue weighted by Crippen LogP contribution is -2.32. The summed E-state index contributed by atoms with van der Waals surface area (Å²) >= 11 is 5.66. The maximum Gasteiger partial charge on any atom is 0.311 e. The van der Waals surface area contributed by atoms with E-state index in [4.69, 9.17) is 16.7 Å². The fraction of sp³-hybridized carbons (Fsp3) is 0.333. The van der Waals surface area contributed by atoms with E-state index in [9.17, 15) is 23.3 Å². The lowest BCUT2D eigenvalue weighted by atomic mass is 10.3. The van der Waals surface area contributed by atoms with Gasteiger partial charge in [0, 0.05) is 19.0 Å². The molecule has 9 nitrogen and oxygen atoms in total. The van der Waals surface area contributed by atoms with Crippen molar-refractivity contribution in [2.45, 2.75) is 11.7 Å². The molecule has 108 valence electrons. The minimum atomic E-state index is -3.90. The van der Waals surface area contributed by atoms with Crippen LogP contribution in [-0.2, 0) is 14.8 Å². The molecule has 0 aromatic carbocycles. The van der Waals surface area contributed by atoms with Crippen molar-refractivity contribution in [3.63, 3.8) is 0 Å². The monoisotopic (exact) mass is 320 g/mol. The molecule has 2 N–H and O–H groups in total. The van der Waals surface area contributed by atoms with E-state index in [-0.39, 0.29) is 23.8 Å². The molecule has 0 saturated carbocycles. The van der Waals surface area contributed by atoms with Crippen LogP contribution in [-0.4, -0.2) is 36.0 Å². The molecular formula is C9H9ClN4O5S. The molecule has 1 aromatic rings. The Hall–Kier alpha value is -1.78. The maximum absolute atomic E-state index is 11.8. The third kappa shape index (κ3) is 2.71. The Labute approximate surface area is 118 Å². The van der Waals surface area contributed by atoms with Crippen LogP contribution in [0.1, 0.15) is 6.42 Å². The summed E-state index contributed by atoms with van der Waals surface area (Å²) in [6, 6.07) is 1.14. The molecule has 1 unspecified atom stereocenters. The van der Waals surface area contributed by atoms with Gasteiger partial charge in [0.15, 0.2) is 0 Å². The van der Waals surface area contributed by atoms with Crippen molar-refractivity contribution in [3.05, 3.63) is 27.5 Å². The number of sulfonamides is 1. The molecular weight excluding hydrogens is 312 g/mol. The number of nitrogens with two attached hydrogens (primary N) is 1. The smallest absolute Gasteiger partial charge is 0.305 e. The van der Waals surface area contributed by atoms with Gasteiger partial charge in [-0.3, -0.25) is 14.9 Å². The molecule has 11 heteroatoms. The largest absolute Gasteiger partial charge is 0.311 e.